The maximum absolute atomic E-state index is 13.0. The third-order valence-corrected chi connectivity index (χ3v) is 5.35. The first-order valence-corrected chi connectivity index (χ1v) is 9.26. The van der Waals surface area contributed by atoms with E-state index in [0.29, 0.717) is 13.1 Å². The van der Waals surface area contributed by atoms with Crippen LogP contribution in [-0.2, 0) is 21.5 Å². The Labute approximate surface area is 155 Å². The van der Waals surface area contributed by atoms with Crippen molar-refractivity contribution < 1.29 is 9.59 Å². The number of nitrogens with one attached hydrogen (secondary N) is 1. The number of hydrogen-bond donors (Lipinski definition) is 1. The lowest BCUT2D eigenvalue weighted by molar-refractivity contribution is -0.129. The zero-order valence-corrected chi connectivity index (χ0v) is 15.5. The minimum Gasteiger partial charge on any atom is -0.339 e. The van der Waals surface area contributed by atoms with Crippen LogP contribution in [0.25, 0.3) is 0 Å². The number of benzene rings is 2. The van der Waals surface area contributed by atoms with Crippen molar-refractivity contribution in [2.24, 2.45) is 0 Å². The molecule has 4 heteroatoms. The molecule has 0 aromatic heterocycles. The van der Waals surface area contributed by atoms with Gasteiger partial charge in [0, 0.05) is 25.7 Å². The lowest BCUT2D eigenvalue weighted by Gasteiger charge is -2.40. The molecule has 1 aliphatic carbocycles. The molecule has 3 rings (SSSR count). The Morgan fingerprint density at radius 1 is 1.08 bits per heavy atom. The second-order valence-electron chi connectivity index (χ2n) is 6.99. The number of hydrogen-bond acceptors (Lipinski definition) is 2. The van der Waals surface area contributed by atoms with E-state index in [4.69, 9.17) is 0 Å². The zero-order valence-electron chi connectivity index (χ0n) is 15.5. The molecule has 0 aliphatic heterocycles. The Morgan fingerprint density at radius 2 is 1.81 bits per heavy atom. The number of amides is 2. The maximum atomic E-state index is 13.0. The zero-order chi connectivity index (χ0) is 18.6. The lowest BCUT2D eigenvalue weighted by atomic mass is 9.64. The Balaban J connectivity index is 1.75. The van der Waals surface area contributed by atoms with Gasteiger partial charge in [0.1, 0.15) is 0 Å². The largest absolute Gasteiger partial charge is 0.339 e. The van der Waals surface area contributed by atoms with E-state index in [1.807, 2.05) is 61.5 Å². The summed E-state index contributed by atoms with van der Waals surface area (Å²) < 4.78 is 0. The van der Waals surface area contributed by atoms with Gasteiger partial charge in [0.15, 0.2) is 0 Å². The third kappa shape index (κ3) is 3.64. The molecule has 0 heterocycles. The summed E-state index contributed by atoms with van der Waals surface area (Å²) in [5, 5.41) is 3.10. The highest BCUT2D eigenvalue weighted by atomic mass is 16.2. The molecule has 1 N–H and O–H groups in total. The molecular weight excluding hydrogens is 324 g/mol. The van der Waals surface area contributed by atoms with E-state index < -0.39 is 5.41 Å². The van der Waals surface area contributed by atoms with Gasteiger partial charge in [0.25, 0.3) is 0 Å². The Morgan fingerprint density at radius 3 is 2.38 bits per heavy atom. The SMILES string of the molecule is CCN(Cc1cccc(NC(=O)C2(c3ccccc3)CCC2)c1)C(C)=O. The van der Waals surface area contributed by atoms with E-state index in [9.17, 15) is 9.59 Å². The molecule has 2 amide bonds. The van der Waals surface area contributed by atoms with Crippen LogP contribution in [0.3, 0.4) is 0 Å². The molecule has 0 bridgehead atoms. The second kappa shape index (κ2) is 7.73. The summed E-state index contributed by atoms with van der Waals surface area (Å²) >= 11 is 0. The number of nitrogens with zero attached hydrogens (tertiary/aromatic N) is 1. The minimum absolute atomic E-state index is 0.0550. The van der Waals surface area contributed by atoms with Crippen molar-refractivity contribution in [3.63, 3.8) is 0 Å². The van der Waals surface area contributed by atoms with Crippen LogP contribution in [0.4, 0.5) is 5.69 Å². The van der Waals surface area contributed by atoms with Gasteiger partial charge in [-0.15, -0.1) is 0 Å². The average molecular weight is 350 g/mol. The first-order valence-electron chi connectivity index (χ1n) is 9.26. The van der Waals surface area contributed by atoms with E-state index in [2.05, 4.69) is 5.32 Å². The van der Waals surface area contributed by atoms with Crippen LogP contribution in [-0.4, -0.2) is 23.3 Å². The van der Waals surface area contributed by atoms with Crippen molar-refractivity contribution in [2.75, 3.05) is 11.9 Å². The van der Waals surface area contributed by atoms with E-state index in [1.54, 1.807) is 11.8 Å². The average Bonchev–Trinajstić information content (AvgIpc) is 2.59. The maximum Gasteiger partial charge on any atom is 0.235 e. The third-order valence-electron chi connectivity index (χ3n) is 5.35. The molecule has 0 radical (unpaired) electrons. The summed E-state index contributed by atoms with van der Waals surface area (Å²) in [6.45, 7) is 4.77. The molecule has 0 saturated heterocycles. The van der Waals surface area contributed by atoms with Gasteiger partial charge >= 0.3 is 0 Å². The van der Waals surface area contributed by atoms with E-state index in [0.717, 1.165) is 36.1 Å². The van der Waals surface area contributed by atoms with Crippen LogP contribution in [0.5, 0.6) is 0 Å². The van der Waals surface area contributed by atoms with E-state index in [1.165, 1.54) is 0 Å². The molecule has 4 nitrogen and oxygen atoms in total. The molecule has 26 heavy (non-hydrogen) atoms. The van der Waals surface area contributed by atoms with Crippen LogP contribution >= 0.6 is 0 Å². The highest BCUT2D eigenvalue weighted by molar-refractivity contribution is 6.00. The van der Waals surface area contributed by atoms with Crippen LogP contribution in [0.2, 0.25) is 0 Å². The predicted molar refractivity (Wildman–Crippen MR) is 104 cm³/mol. The molecular formula is C22H26N2O2. The fourth-order valence-corrected chi connectivity index (χ4v) is 3.60. The van der Waals surface area contributed by atoms with Gasteiger partial charge in [0.05, 0.1) is 5.41 Å². The highest BCUT2D eigenvalue weighted by Gasteiger charge is 2.45. The fourth-order valence-electron chi connectivity index (χ4n) is 3.60. The highest BCUT2D eigenvalue weighted by Crippen LogP contribution is 2.44. The first kappa shape index (κ1) is 18.2. The molecule has 0 unspecified atom stereocenters. The van der Waals surface area contributed by atoms with Crippen molar-refractivity contribution in [1.29, 1.82) is 0 Å². The van der Waals surface area contributed by atoms with Crippen molar-refractivity contribution in [3.8, 4) is 0 Å². The normalized spacial score (nSPS) is 15.0. The fraction of sp³-hybridized carbons (Fsp3) is 0.364. The number of carbonyl (C=O) groups excluding carboxylic acids is 2. The summed E-state index contributed by atoms with van der Waals surface area (Å²) in [5.41, 5.74) is 2.48. The summed E-state index contributed by atoms with van der Waals surface area (Å²) in [6, 6.07) is 17.8. The van der Waals surface area contributed by atoms with Crippen LogP contribution in [0, 0.1) is 0 Å². The number of carbonyl (C=O) groups is 2. The Kier molecular flexibility index (Phi) is 5.40. The minimum atomic E-state index is -0.411. The van der Waals surface area contributed by atoms with Crippen molar-refractivity contribution in [2.45, 2.75) is 45.1 Å². The summed E-state index contributed by atoms with van der Waals surface area (Å²) in [6.07, 6.45) is 2.85. The predicted octanol–water partition coefficient (Wildman–Crippen LogP) is 4.12. The van der Waals surface area contributed by atoms with E-state index >= 15 is 0 Å². The van der Waals surface area contributed by atoms with Crippen LogP contribution in [0.1, 0.15) is 44.2 Å². The quantitative estimate of drug-likeness (QED) is 0.852. The Bertz CT molecular complexity index is 782. The Hall–Kier alpha value is -2.62. The summed E-state index contributed by atoms with van der Waals surface area (Å²) in [7, 11) is 0. The molecule has 1 saturated carbocycles. The summed E-state index contributed by atoms with van der Waals surface area (Å²) in [5.74, 6) is 0.116. The van der Waals surface area contributed by atoms with Gasteiger partial charge in [-0.2, -0.15) is 0 Å². The monoisotopic (exact) mass is 350 g/mol. The smallest absolute Gasteiger partial charge is 0.235 e. The van der Waals surface area contributed by atoms with Crippen LogP contribution < -0.4 is 5.32 Å². The topological polar surface area (TPSA) is 49.4 Å². The van der Waals surface area contributed by atoms with Crippen LogP contribution in [0.15, 0.2) is 54.6 Å². The van der Waals surface area contributed by atoms with Gasteiger partial charge in [-0.25, -0.2) is 0 Å². The molecule has 2 aromatic rings. The lowest BCUT2D eigenvalue weighted by Crippen LogP contribution is -2.46. The molecule has 0 atom stereocenters. The molecule has 136 valence electrons. The molecule has 0 spiro atoms. The summed E-state index contributed by atoms with van der Waals surface area (Å²) in [4.78, 5) is 26.4. The molecule has 1 fully saturated rings. The van der Waals surface area contributed by atoms with E-state index in [-0.39, 0.29) is 11.8 Å². The number of rotatable bonds is 6. The van der Waals surface area contributed by atoms with Gasteiger partial charge < -0.3 is 10.2 Å². The standard InChI is InChI=1S/C22H26N2O2/c1-3-24(17(2)25)16-18-9-7-12-20(15-18)23-21(26)22(13-8-14-22)19-10-5-4-6-11-19/h4-7,9-12,15H,3,8,13-14,16H2,1-2H3,(H,23,26). The number of anilines is 1. The van der Waals surface area contributed by atoms with Crippen molar-refractivity contribution in [3.05, 3.63) is 65.7 Å². The second-order valence-corrected chi connectivity index (χ2v) is 6.99. The molecule has 2 aromatic carbocycles. The van der Waals surface area contributed by atoms with Crippen molar-refractivity contribution in [1.82, 2.24) is 4.90 Å². The van der Waals surface area contributed by atoms with Gasteiger partial charge in [-0.05, 0) is 43.0 Å². The van der Waals surface area contributed by atoms with Gasteiger partial charge in [-0.3, -0.25) is 9.59 Å². The van der Waals surface area contributed by atoms with Gasteiger partial charge in [-0.1, -0.05) is 48.9 Å². The van der Waals surface area contributed by atoms with Gasteiger partial charge in [0.2, 0.25) is 11.8 Å². The van der Waals surface area contributed by atoms with Crippen molar-refractivity contribution >= 4 is 17.5 Å². The molecule has 1 aliphatic rings. The first-order chi connectivity index (χ1) is 12.5.